The molecule has 0 radical (unpaired) electrons. The van der Waals surface area contributed by atoms with E-state index >= 15 is 0 Å². The number of carboxylic acids is 1. The maximum atomic E-state index is 10.9. The second-order valence-corrected chi connectivity index (χ2v) is 5.52. The van der Waals surface area contributed by atoms with Crippen molar-refractivity contribution in [2.24, 2.45) is 7.05 Å². The van der Waals surface area contributed by atoms with Gasteiger partial charge in [-0.1, -0.05) is 17.7 Å². The third kappa shape index (κ3) is 3.11. The average molecular weight is 297 g/mol. The summed E-state index contributed by atoms with van der Waals surface area (Å²) in [5.41, 5.74) is 2.03. The van der Waals surface area contributed by atoms with Crippen LogP contribution in [0.15, 0.2) is 29.2 Å². The molecule has 4 nitrogen and oxygen atoms in total. The number of hydrogen-bond acceptors (Lipinski definition) is 3. The number of aryl methyl sites for hydroxylation is 2. The molecule has 2 rings (SSSR count). The summed E-state index contributed by atoms with van der Waals surface area (Å²) in [7, 11) is 1.85. The first-order valence-corrected chi connectivity index (χ1v) is 6.99. The van der Waals surface area contributed by atoms with Gasteiger partial charge in [0, 0.05) is 17.7 Å². The Morgan fingerprint density at radius 2 is 2.26 bits per heavy atom. The van der Waals surface area contributed by atoms with Crippen molar-refractivity contribution >= 4 is 29.3 Å². The van der Waals surface area contributed by atoms with Crippen LogP contribution < -0.4 is 0 Å². The van der Waals surface area contributed by atoms with Gasteiger partial charge in [0.25, 0.3) is 0 Å². The van der Waals surface area contributed by atoms with Gasteiger partial charge in [-0.3, -0.25) is 4.68 Å². The van der Waals surface area contributed by atoms with Crippen LogP contribution in [-0.4, -0.2) is 20.9 Å². The lowest BCUT2D eigenvalue weighted by Gasteiger charge is -2.04. The lowest BCUT2D eigenvalue weighted by atomic mass is 10.2. The monoisotopic (exact) mass is 296 g/mol. The average Bonchev–Trinajstić information content (AvgIpc) is 2.61. The Balaban J connectivity index is 2.14. The second-order valence-electron chi connectivity index (χ2n) is 4.09. The zero-order chi connectivity index (χ0) is 14.0. The number of carbonyl (C=O) groups is 1. The Kier molecular flexibility index (Phi) is 4.17. The fourth-order valence-corrected chi connectivity index (χ4v) is 3.03. The normalized spacial score (nSPS) is 10.7. The summed E-state index contributed by atoms with van der Waals surface area (Å²) in [6.45, 7) is 1.86. The summed E-state index contributed by atoms with van der Waals surface area (Å²) in [5.74, 6) is -0.268. The van der Waals surface area contributed by atoms with E-state index in [1.807, 2.05) is 20.0 Å². The van der Waals surface area contributed by atoms with Crippen molar-refractivity contribution in [3.8, 4) is 0 Å². The van der Waals surface area contributed by atoms with Gasteiger partial charge in [0.2, 0.25) is 0 Å². The van der Waals surface area contributed by atoms with Crippen LogP contribution in [0, 0.1) is 6.92 Å². The molecule has 0 saturated heterocycles. The van der Waals surface area contributed by atoms with E-state index < -0.39 is 5.97 Å². The molecule has 0 fully saturated rings. The van der Waals surface area contributed by atoms with Gasteiger partial charge in [0.05, 0.1) is 22.0 Å². The molecule has 0 unspecified atom stereocenters. The molecule has 19 heavy (non-hydrogen) atoms. The van der Waals surface area contributed by atoms with Gasteiger partial charge < -0.3 is 5.11 Å². The molecule has 0 aliphatic rings. The standard InChI is InChI=1S/C13H13ClN2O2S/c1-8-12(14)11(16(2)15-8)7-19-10-5-3-4-9(6-10)13(17)18/h3-6H,7H2,1-2H3,(H,17,18). The Morgan fingerprint density at radius 3 is 2.84 bits per heavy atom. The molecule has 1 aromatic heterocycles. The number of rotatable bonds is 4. The SMILES string of the molecule is Cc1nn(C)c(CSc2cccc(C(=O)O)c2)c1Cl. The summed E-state index contributed by atoms with van der Waals surface area (Å²) in [6.07, 6.45) is 0. The van der Waals surface area contributed by atoms with E-state index in [1.54, 1.807) is 22.9 Å². The van der Waals surface area contributed by atoms with Gasteiger partial charge in [-0.05, 0) is 25.1 Å². The number of aromatic nitrogens is 2. The zero-order valence-corrected chi connectivity index (χ0v) is 12.1. The fourth-order valence-electron chi connectivity index (χ4n) is 1.71. The number of nitrogens with zero attached hydrogens (tertiary/aromatic N) is 2. The summed E-state index contributed by atoms with van der Waals surface area (Å²) >= 11 is 7.71. The summed E-state index contributed by atoms with van der Waals surface area (Å²) < 4.78 is 1.76. The lowest BCUT2D eigenvalue weighted by Crippen LogP contribution is -1.97. The Morgan fingerprint density at radius 1 is 1.53 bits per heavy atom. The van der Waals surface area contributed by atoms with E-state index in [9.17, 15) is 4.79 Å². The first-order chi connectivity index (χ1) is 8.99. The molecule has 1 heterocycles. The van der Waals surface area contributed by atoms with Crippen LogP contribution in [0.3, 0.4) is 0 Å². The number of carboxylic acid groups (broad SMARTS) is 1. The molecule has 2 aromatic rings. The predicted molar refractivity (Wildman–Crippen MR) is 75.9 cm³/mol. The summed E-state index contributed by atoms with van der Waals surface area (Å²) in [4.78, 5) is 11.8. The van der Waals surface area contributed by atoms with Gasteiger partial charge >= 0.3 is 5.97 Å². The second kappa shape index (κ2) is 5.67. The topological polar surface area (TPSA) is 55.1 Å². The number of hydrogen-bond donors (Lipinski definition) is 1. The van der Waals surface area contributed by atoms with Crippen molar-refractivity contribution < 1.29 is 9.90 Å². The number of aromatic carboxylic acids is 1. The summed E-state index contributed by atoms with van der Waals surface area (Å²) in [6, 6.07) is 6.86. The van der Waals surface area contributed by atoms with Crippen LogP contribution in [0.25, 0.3) is 0 Å². The zero-order valence-electron chi connectivity index (χ0n) is 10.6. The molecule has 0 bridgehead atoms. The quantitative estimate of drug-likeness (QED) is 0.879. The van der Waals surface area contributed by atoms with E-state index in [-0.39, 0.29) is 5.56 Å². The molecule has 100 valence electrons. The third-order valence-electron chi connectivity index (χ3n) is 2.72. The van der Waals surface area contributed by atoms with Crippen molar-refractivity contribution in [1.82, 2.24) is 9.78 Å². The maximum Gasteiger partial charge on any atom is 0.335 e. The Hall–Kier alpha value is -1.46. The molecule has 0 aliphatic heterocycles. The van der Waals surface area contributed by atoms with Gasteiger partial charge in [-0.25, -0.2) is 4.79 Å². The minimum absolute atomic E-state index is 0.289. The Labute approximate surface area is 120 Å². The minimum Gasteiger partial charge on any atom is -0.478 e. The van der Waals surface area contributed by atoms with Crippen molar-refractivity contribution in [2.75, 3.05) is 0 Å². The van der Waals surface area contributed by atoms with E-state index in [2.05, 4.69) is 5.10 Å². The van der Waals surface area contributed by atoms with Crippen molar-refractivity contribution in [3.63, 3.8) is 0 Å². The lowest BCUT2D eigenvalue weighted by molar-refractivity contribution is 0.0696. The highest BCUT2D eigenvalue weighted by molar-refractivity contribution is 7.98. The molecule has 1 N–H and O–H groups in total. The molecular formula is C13H13ClN2O2S. The van der Waals surface area contributed by atoms with Crippen LogP contribution >= 0.6 is 23.4 Å². The maximum absolute atomic E-state index is 10.9. The number of thioether (sulfide) groups is 1. The van der Waals surface area contributed by atoms with E-state index in [1.165, 1.54) is 11.8 Å². The number of benzene rings is 1. The Bertz CT molecular complexity index is 625. The molecule has 0 aliphatic carbocycles. The first kappa shape index (κ1) is 14.0. The summed E-state index contributed by atoms with van der Waals surface area (Å²) in [5, 5.41) is 13.9. The largest absolute Gasteiger partial charge is 0.478 e. The molecule has 0 saturated carbocycles. The minimum atomic E-state index is -0.920. The van der Waals surface area contributed by atoms with Crippen LogP contribution in [0.1, 0.15) is 21.7 Å². The molecular weight excluding hydrogens is 284 g/mol. The highest BCUT2D eigenvalue weighted by Crippen LogP contribution is 2.28. The molecule has 0 amide bonds. The smallest absolute Gasteiger partial charge is 0.335 e. The van der Waals surface area contributed by atoms with Crippen LogP contribution in [0.4, 0.5) is 0 Å². The van der Waals surface area contributed by atoms with E-state index in [4.69, 9.17) is 16.7 Å². The molecule has 1 aromatic carbocycles. The van der Waals surface area contributed by atoms with Gasteiger partial charge in [0.1, 0.15) is 0 Å². The van der Waals surface area contributed by atoms with Gasteiger partial charge in [0.15, 0.2) is 0 Å². The van der Waals surface area contributed by atoms with Crippen molar-refractivity contribution in [2.45, 2.75) is 17.6 Å². The van der Waals surface area contributed by atoms with Crippen LogP contribution in [-0.2, 0) is 12.8 Å². The van der Waals surface area contributed by atoms with Crippen molar-refractivity contribution in [1.29, 1.82) is 0 Å². The fraction of sp³-hybridized carbons (Fsp3) is 0.231. The van der Waals surface area contributed by atoms with Crippen molar-refractivity contribution in [3.05, 3.63) is 46.2 Å². The highest BCUT2D eigenvalue weighted by atomic mass is 35.5. The molecule has 0 atom stereocenters. The van der Waals surface area contributed by atoms with Gasteiger partial charge in [-0.15, -0.1) is 11.8 Å². The first-order valence-electron chi connectivity index (χ1n) is 5.63. The predicted octanol–water partition coefficient (Wildman–Crippen LogP) is 3.37. The molecule has 6 heteroatoms. The van der Waals surface area contributed by atoms with Gasteiger partial charge in [-0.2, -0.15) is 5.10 Å². The van der Waals surface area contributed by atoms with E-state index in [0.29, 0.717) is 10.8 Å². The van der Waals surface area contributed by atoms with E-state index in [0.717, 1.165) is 16.3 Å². The van der Waals surface area contributed by atoms with Crippen LogP contribution in [0.5, 0.6) is 0 Å². The highest BCUT2D eigenvalue weighted by Gasteiger charge is 2.11. The van der Waals surface area contributed by atoms with Crippen LogP contribution in [0.2, 0.25) is 5.02 Å². The molecule has 0 spiro atoms. The third-order valence-corrected chi connectivity index (χ3v) is 4.21. The number of halogens is 1.